The molecule has 1 aromatic rings. The minimum Gasteiger partial charge on any atom is -0.393 e. The average molecular weight is 280 g/mol. The maximum absolute atomic E-state index is 12.3. The molecule has 2 rings (SSSR count). The topological polar surface area (TPSA) is 78.6 Å². The van der Waals surface area contributed by atoms with Crippen LogP contribution in [0.25, 0.3) is 0 Å². The summed E-state index contributed by atoms with van der Waals surface area (Å²) in [5.41, 5.74) is -1.17. The van der Waals surface area contributed by atoms with Crippen LogP contribution in [0.1, 0.15) is 6.42 Å². The number of β-amino-alcohol motifs (C(OH)–C–C–N with tert-alkyl or cyclic N) is 1. The van der Waals surface area contributed by atoms with Gasteiger partial charge in [0.2, 0.25) is 0 Å². The van der Waals surface area contributed by atoms with Crippen molar-refractivity contribution in [2.75, 3.05) is 19.7 Å². The first-order valence-corrected chi connectivity index (χ1v) is 6.63. The Morgan fingerprint density at radius 3 is 2.88 bits per heavy atom. The highest BCUT2D eigenvalue weighted by Gasteiger charge is 2.39. The second-order valence-electron chi connectivity index (χ2n) is 4.17. The van der Waals surface area contributed by atoms with Crippen LogP contribution in [0.2, 0.25) is 5.02 Å². The molecule has 0 amide bonds. The van der Waals surface area contributed by atoms with E-state index in [4.69, 9.17) is 16.7 Å². The van der Waals surface area contributed by atoms with Gasteiger partial charge in [-0.15, -0.1) is 0 Å². The average Bonchev–Trinajstić information content (AvgIpc) is 2.84. The van der Waals surface area contributed by atoms with Gasteiger partial charge in [0, 0.05) is 20.1 Å². The molecule has 1 aromatic heterocycles. The van der Waals surface area contributed by atoms with Crippen LogP contribution in [0.15, 0.2) is 11.2 Å². The second-order valence-corrected chi connectivity index (χ2v) is 5.98. The van der Waals surface area contributed by atoms with Gasteiger partial charge in [0.15, 0.2) is 5.03 Å². The summed E-state index contributed by atoms with van der Waals surface area (Å²) in [6, 6.07) is 0. The molecule has 1 aliphatic heterocycles. The van der Waals surface area contributed by atoms with Crippen molar-refractivity contribution in [3.8, 4) is 0 Å². The smallest absolute Gasteiger partial charge is 0.159 e. The van der Waals surface area contributed by atoms with Gasteiger partial charge in [-0.2, -0.15) is 5.10 Å². The van der Waals surface area contributed by atoms with Gasteiger partial charge in [-0.05, 0) is 6.42 Å². The van der Waals surface area contributed by atoms with Crippen molar-refractivity contribution >= 4 is 22.6 Å². The number of halogens is 1. The molecule has 2 unspecified atom stereocenters. The van der Waals surface area contributed by atoms with Crippen LogP contribution in [0, 0.1) is 0 Å². The number of nitrogens with zero attached hydrogens (tertiary/aromatic N) is 3. The van der Waals surface area contributed by atoms with Crippen LogP contribution in [-0.2, 0) is 18.0 Å². The van der Waals surface area contributed by atoms with Gasteiger partial charge >= 0.3 is 0 Å². The first-order chi connectivity index (χ1) is 7.97. The predicted molar refractivity (Wildman–Crippen MR) is 62.9 cm³/mol. The van der Waals surface area contributed by atoms with Crippen molar-refractivity contribution in [2.24, 2.45) is 7.05 Å². The van der Waals surface area contributed by atoms with E-state index in [1.807, 2.05) is 0 Å². The van der Waals surface area contributed by atoms with E-state index in [0.29, 0.717) is 23.0 Å². The summed E-state index contributed by atoms with van der Waals surface area (Å²) in [6.07, 6.45) is 1.83. The highest BCUT2D eigenvalue weighted by Crippen LogP contribution is 2.27. The normalized spacial score (nSPS) is 27.5. The van der Waals surface area contributed by atoms with Crippen LogP contribution in [0.3, 0.4) is 0 Å². The first-order valence-electron chi connectivity index (χ1n) is 5.14. The van der Waals surface area contributed by atoms with Crippen molar-refractivity contribution in [3.63, 3.8) is 0 Å². The number of hydrogen-bond acceptors (Lipinski definition) is 4. The summed E-state index contributed by atoms with van der Waals surface area (Å²) in [7, 11) is 0.192. The molecule has 0 bridgehead atoms. The monoisotopic (exact) mass is 279 g/mol. The van der Waals surface area contributed by atoms with Crippen molar-refractivity contribution in [1.29, 1.82) is 0 Å². The molecule has 0 spiro atoms. The lowest BCUT2D eigenvalue weighted by Crippen LogP contribution is -2.37. The summed E-state index contributed by atoms with van der Waals surface area (Å²) in [5, 5.41) is 23.6. The number of aromatic nitrogens is 2. The molecule has 17 heavy (non-hydrogen) atoms. The van der Waals surface area contributed by atoms with E-state index in [9.17, 15) is 9.32 Å². The summed E-state index contributed by atoms with van der Waals surface area (Å²) in [4.78, 5) is 0. The Morgan fingerprint density at radius 1 is 1.71 bits per heavy atom. The zero-order valence-electron chi connectivity index (χ0n) is 9.34. The van der Waals surface area contributed by atoms with E-state index in [1.54, 1.807) is 11.4 Å². The van der Waals surface area contributed by atoms with E-state index >= 15 is 0 Å². The lowest BCUT2D eigenvalue weighted by atomic mass is 10.1. The third-order valence-electron chi connectivity index (χ3n) is 2.83. The van der Waals surface area contributed by atoms with E-state index in [0.717, 1.165) is 0 Å². The summed E-state index contributed by atoms with van der Waals surface area (Å²) in [5.74, 6) is 0. The maximum atomic E-state index is 12.3. The minimum atomic E-state index is -1.47. The molecule has 0 radical (unpaired) electrons. The van der Waals surface area contributed by atoms with Gasteiger partial charge < -0.3 is 10.2 Å². The van der Waals surface area contributed by atoms with Crippen molar-refractivity contribution in [2.45, 2.75) is 17.0 Å². The molecular weight excluding hydrogens is 266 g/mol. The SMILES string of the molecule is Cn1ncc(Cl)c1S(=O)N1CCC(O)(CO)C1. The van der Waals surface area contributed by atoms with Gasteiger partial charge in [-0.25, -0.2) is 8.51 Å². The summed E-state index contributed by atoms with van der Waals surface area (Å²) < 4.78 is 15.3. The largest absolute Gasteiger partial charge is 0.393 e. The van der Waals surface area contributed by atoms with Crippen molar-refractivity contribution in [1.82, 2.24) is 14.1 Å². The summed E-state index contributed by atoms with van der Waals surface area (Å²) in [6.45, 7) is 0.280. The molecule has 6 nitrogen and oxygen atoms in total. The molecule has 96 valence electrons. The van der Waals surface area contributed by atoms with Crippen LogP contribution < -0.4 is 0 Å². The Kier molecular flexibility index (Phi) is 3.55. The van der Waals surface area contributed by atoms with E-state index < -0.39 is 16.6 Å². The molecule has 0 saturated carbocycles. The molecule has 2 heterocycles. The van der Waals surface area contributed by atoms with Gasteiger partial charge in [-0.1, -0.05) is 11.6 Å². The lowest BCUT2D eigenvalue weighted by Gasteiger charge is -2.20. The van der Waals surface area contributed by atoms with Gasteiger partial charge in [0.1, 0.15) is 16.6 Å². The lowest BCUT2D eigenvalue weighted by molar-refractivity contribution is -0.000517. The van der Waals surface area contributed by atoms with Gasteiger partial charge in [0.25, 0.3) is 0 Å². The molecule has 1 fully saturated rings. The molecular formula is C9H14ClN3O3S. The van der Waals surface area contributed by atoms with Crippen molar-refractivity contribution < 1.29 is 14.4 Å². The second kappa shape index (κ2) is 4.66. The number of aliphatic hydroxyl groups excluding tert-OH is 1. The van der Waals surface area contributed by atoms with E-state index in [1.165, 1.54) is 10.9 Å². The number of rotatable bonds is 3. The Labute approximate surface area is 106 Å². The van der Waals surface area contributed by atoms with E-state index in [-0.39, 0.29) is 13.2 Å². The zero-order chi connectivity index (χ0) is 12.6. The number of aliphatic hydroxyl groups is 2. The highest BCUT2D eigenvalue weighted by atomic mass is 35.5. The Morgan fingerprint density at radius 2 is 2.41 bits per heavy atom. The number of hydrogen-bond donors (Lipinski definition) is 2. The Balaban J connectivity index is 2.18. The Bertz CT molecular complexity index is 433. The minimum absolute atomic E-state index is 0.164. The Hall–Kier alpha value is -0.470. The molecule has 2 atom stereocenters. The summed E-state index contributed by atoms with van der Waals surface area (Å²) >= 11 is 5.91. The van der Waals surface area contributed by atoms with Crippen LogP contribution in [0.4, 0.5) is 0 Å². The van der Waals surface area contributed by atoms with Crippen LogP contribution in [-0.4, -0.2) is 53.8 Å². The molecule has 0 aliphatic carbocycles. The molecule has 8 heteroatoms. The first kappa shape index (κ1) is 13.0. The number of aryl methyl sites for hydroxylation is 1. The highest BCUT2D eigenvalue weighted by molar-refractivity contribution is 7.82. The fourth-order valence-electron chi connectivity index (χ4n) is 1.81. The maximum Gasteiger partial charge on any atom is 0.159 e. The van der Waals surface area contributed by atoms with Crippen LogP contribution >= 0.6 is 11.6 Å². The third kappa shape index (κ3) is 2.38. The fraction of sp³-hybridized carbons (Fsp3) is 0.667. The van der Waals surface area contributed by atoms with E-state index in [2.05, 4.69) is 5.10 Å². The third-order valence-corrected chi connectivity index (χ3v) is 4.82. The van der Waals surface area contributed by atoms with Crippen LogP contribution in [0.5, 0.6) is 0 Å². The van der Waals surface area contributed by atoms with Gasteiger partial charge in [-0.3, -0.25) is 4.68 Å². The molecule has 2 N–H and O–H groups in total. The quantitative estimate of drug-likeness (QED) is 0.784. The standard InChI is InChI=1S/C9H14ClN3O3S/c1-12-8(7(10)4-11-12)17(16)13-3-2-9(15,5-13)6-14/h4,14-15H,2-3,5-6H2,1H3. The zero-order valence-corrected chi connectivity index (χ0v) is 10.9. The van der Waals surface area contributed by atoms with Gasteiger partial charge in [0.05, 0.1) is 17.8 Å². The molecule has 0 aromatic carbocycles. The fourth-order valence-corrected chi connectivity index (χ4v) is 3.52. The molecule has 1 aliphatic rings. The predicted octanol–water partition coefficient (Wildman–Crippen LogP) is -0.475. The van der Waals surface area contributed by atoms with Crippen molar-refractivity contribution in [3.05, 3.63) is 11.2 Å². The molecule has 1 saturated heterocycles.